The van der Waals surface area contributed by atoms with Crippen molar-refractivity contribution in [3.05, 3.63) is 0 Å². The van der Waals surface area contributed by atoms with Crippen molar-refractivity contribution >= 4 is 9.84 Å². The number of hydrogen-bond acceptors (Lipinski definition) is 3. The zero-order valence-corrected chi connectivity index (χ0v) is 8.02. The topological polar surface area (TPSA) is 60.2 Å². The molecule has 0 aromatic rings. The highest BCUT2D eigenvalue weighted by molar-refractivity contribution is 7.91. The Morgan fingerprint density at radius 3 is 2.27 bits per heavy atom. The van der Waals surface area contributed by atoms with E-state index in [-0.39, 0.29) is 17.5 Å². The van der Waals surface area contributed by atoms with Gasteiger partial charge in [-0.3, -0.25) is 0 Å². The minimum atomic E-state index is -2.87. The Balaban J connectivity index is 3.92. The second-order valence-electron chi connectivity index (χ2n) is 2.78. The average Bonchev–Trinajstić information content (AvgIpc) is 1.86. The van der Waals surface area contributed by atoms with Crippen LogP contribution in [-0.2, 0) is 9.84 Å². The van der Waals surface area contributed by atoms with E-state index in [0.29, 0.717) is 6.42 Å². The van der Waals surface area contributed by atoms with Crippen LogP contribution in [0.25, 0.3) is 0 Å². The van der Waals surface area contributed by atoms with Crippen LogP contribution in [0, 0.1) is 0 Å². The summed E-state index contributed by atoms with van der Waals surface area (Å²) in [5, 5.41) is 0. The highest BCUT2D eigenvalue weighted by Gasteiger charge is 2.13. The van der Waals surface area contributed by atoms with Gasteiger partial charge in [-0.25, -0.2) is 8.42 Å². The third-order valence-corrected chi connectivity index (χ3v) is 3.47. The average molecular weight is 179 g/mol. The van der Waals surface area contributed by atoms with E-state index in [0.717, 1.165) is 6.42 Å². The summed E-state index contributed by atoms with van der Waals surface area (Å²) < 4.78 is 22.2. The van der Waals surface area contributed by atoms with Gasteiger partial charge >= 0.3 is 0 Å². The van der Waals surface area contributed by atoms with Gasteiger partial charge in [-0.15, -0.1) is 0 Å². The summed E-state index contributed by atoms with van der Waals surface area (Å²) in [5.41, 5.74) is 5.51. The van der Waals surface area contributed by atoms with Crippen molar-refractivity contribution in [1.29, 1.82) is 0 Å². The highest BCUT2D eigenvalue weighted by atomic mass is 32.2. The number of nitrogens with two attached hydrogens (primary N) is 1. The van der Waals surface area contributed by atoms with E-state index < -0.39 is 9.84 Å². The second-order valence-corrected chi connectivity index (χ2v) is 5.01. The molecule has 1 unspecified atom stereocenters. The van der Waals surface area contributed by atoms with Gasteiger partial charge in [-0.2, -0.15) is 0 Å². The van der Waals surface area contributed by atoms with Crippen LogP contribution in [0.15, 0.2) is 0 Å². The van der Waals surface area contributed by atoms with Crippen LogP contribution in [0.1, 0.15) is 26.7 Å². The minimum Gasteiger partial charge on any atom is -0.327 e. The molecule has 1 atom stereocenters. The van der Waals surface area contributed by atoms with E-state index in [1.807, 2.05) is 13.8 Å². The molecule has 0 heterocycles. The van der Waals surface area contributed by atoms with E-state index >= 15 is 0 Å². The molecule has 0 rings (SSSR count). The maximum absolute atomic E-state index is 11.1. The third kappa shape index (κ3) is 5.21. The van der Waals surface area contributed by atoms with Crippen molar-refractivity contribution in [2.75, 3.05) is 11.5 Å². The van der Waals surface area contributed by atoms with Crippen LogP contribution in [0.2, 0.25) is 0 Å². The summed E-state index contributed by atoms with van der Waals surface area (Å²) in [6.45, 7) is 3.75. The van der Waals surface area contributed by atoms with Crippen molar-refractivity contribution in [2.24, 2.45) is 5.73 Å². The Labute approximate surface area is 68.9 Å². The molecule has 2 N–H and O–H groups in total. The molecular weight excluding hydrogens is 162 g/mol. The van der Waals surface area contributed by atoms with Crippen molar-refractivity contribution in [3.63, 3.8) is 0 Å². The molecule has 0 spiro atoms. The lowest BCUT2D eigenvalue weighted by Crippen LogP contribution is -2.29. The largest absolute Gasteiger partial charge is 0.327 e. The lowest BCUT2D eigenvalue weighted by molar-refractivity contribution is 0.582. The molecule has 68 valence electrons. The monoisotopic (exact) mass is 179 g/mol. The molecule has 0 saturated heterocycles. The van der Waals surface area contributed by atoms with E-state index in [1.165, 1.54) is 0 Å². The van der Waals surface area contributed by atoms with E-state index in [2.05, 4.69) is 0 Å². The highest BCUT2D eigenvalue weighted by Crippen LogP contribution is 1.97. The molecule has 0 aromatic heterocycles. The lowest BCUT2D eigenvalue weighted by Gasteiger charge is -2.07. The maximum atomic E-state index is 11.1. The molecule has 0 bridgehead atoms. The van der Waals surface area contributed by atoms with Crippen LogP contribution < -0.4 is 5.73 Å². The SMILES string of the molecule is CCCS(=O)(=O)CC(N)CC. The molecule has 0 aromatic carbocycles. The molecule has 3 nitrogen and oxygen atoms in total. The third-order valence-electron chi connectivity index (χ3n) is 1.51. The number of rotatable bonds is 5. The first kappa shape index (κ1) is 10.9. The first-order valence-corrected chi connectivity index (χ1v) is 5.80. The Kier molecular flexibility index (Phi) is 4.68. The van der Waals surface area contributed by atoms with Gasteiger partial charge < -0.3 is 5.73 Å². The molecule has 0 radical (unpaired) electrons. The van der Waals surface area contributed by atoms with Gasteiger partial charge in [0.2, 0.25) is 0 Å². The number of sulfone groups is 1. The van der Waals surface area contributed by atoms with Gasteiger partial charge in [-0.05, 0) is 12.8 Å². The predicted molar refractivity (Wildman–Crippen MR) is 47.2 cm³/mol. The fourth-order valence-corrected chi connectivity index (χ4v) is 2.52. The fourth-order valence-electron chi connectivity index (χ4n) is 0.838. The Bertz CT molecular complexity index is 187. The summed E-state index contributed by atoms with van der Waals surface area (Å²) in [6.07, 6.45) is 1.40. The van der Waals surface area contributed by atoms with Crippen molar-refractivity contribution in [1.82, 2.24) is 0 Å². The first-order chi connectivity index (χ1) is 5.02. The molecule has 4 heteroatoms. The van der Waals surface area contributed by atoms with Gasteiger partial charge in [0.05, 0.1) is 5.75 Å². The lowest BCUT2D eigenvalue weighted by atomic mass is 10.3. The normalized spacial score (nSPS) is 14.8. The summed E-state index contributed by atoms with van der Waals surface area (Å²) in [7, 11) is -2.87. The standard InChI is InChI=1S/C7H17NO2S/c1-3-5-11(9,10)6-7(8)4-2/h7H,3-6,8H2,1-2H3. The van der Waals surface area contributed by atoms with Crippen LogP contribution in [-0.4, -0.2) is 26.0 Å². The van der Waals surface area contributed by atoms with Gasteiger partial charge in [0, 0.05) is 11.8 Å². The van der Waals surface area contributed by atoms with Crippen molar-refractivity contribution in [2.45, 2.75) is 32.7 Å². The minimum absolute atomic E-state index is 0.136. The zero-order chi connectivity index (χ0) is 8.91. The van der Waals surface area contributed by atoms with Crippen molar-refractivity contribution in [3.8, 4) is 0 Å². The second kappa shape index (κ2) is 4.72. The van der Waals surface area contributed by atoms with Crippen LogP contribution in [0.5, 0.6) is 0 Å². The Morgan fingerprint density at radius 2 is 1.91 bits per heavy atom. The van der Waals surface area contributed by atoms with Crippen molar-refractivity contribution < 1.29 is 8.42 Å². The molecular formula is C7H17NO2S. The molecule has 0 aliphatic heterocycles. The van der Waals surface area contributed by atoms with Crippen LogP contribution in [0.4, 0.5) is 0 Å². The zero-order valence-electron chi connectivity index (χ0n) is 7.21. The molecule has 0 amide bonds. The number of hydrogen-bond donors (Lipinski definition) is 1. The van der Waals surface area contributed by atoms with E-state index in [1.54, 1.807) is 0 Å². The summed E-state index contributed by atoms with van der Waals surface area (Å²) in [5.74, 6) is 0.401. The maximum Gasteiger partial charge on any atom is 0.151 e. The van der Waals surface area contributed by atoms with Gasteiger partial charge in [0.25, 0.3) is 0 Å². The Morgan fingerprint density at radius 1 is 1.36 bits per heavy atom. The van der Waals surface area contributed by atoms with Gasteiger partial charge in [-0.1, -0.05) is 13.8 Å². The van der Waals surface area contributed by atoms with E-state index in [9.17, 15) is 8.42 Å². The van der Waals surface area contributed by atoms with Crippen LogP contribution >= 0.6 is 0 Å². The molecule has 0 aliphatic carbocycles. The van der Waals surface area contributed by atoms with E-state index in [4.69, 9.17) is 5.73 Å². The smallest absolute Gasteiger partial charge is 0.151 e. The van der Waals surface area contributed by atoms with Gasteiger partial charge in [0.15, 0.2) is 9.84 Å². The Hall–Kier alpha value is -0.0900. The molecule has 0 saturated carbocycles. The summed E-state index contributed by atoms with van der Waals surface area (Å²) >= 11 is 0. The van der Waals surface area contributed by atoms with Gasteiger partial charge in [0.1, 0.15) is 0 Å². The molecule has 0 fully saturated rings. The molecule has 11 heavy (non-hydrogen) atoms. The van der Waals surface area contributed by atoms with Crippen LogP contribution in [0.3, 0.4) is 0 Å². The fraction of sp³-hybridized carbons (Fsp3) is 1.00. The quantitative estimate of drug-likeness (QED) is 0.670. The molecule has 0 aliphatic rings. The summed E-state index contributed by atoms with van der Waals surface area (Å²) in [6, 6.07) is -0.188. The predicted octanol–water partition coefficient (Wildman–Crippen LogP) is 0.549. The summed E-state index contributed by atoms with van der Waals surface area (Å²) in [4.78, 5) is 0. The first-order valence-electron chi connectivity index (χ1n) is 3.97.